The van der Waals surface area contributed by atoms with Gasteiger partial charge in [0.25, 0.3) is 0 Å². The quantitative estimate of drug-likeness (QED) is 0.760. The largest absolute Gasteiger partial charge is 0.351 e. The zero-order valence-corrected chi connectivity index (χ0v) is 17.6. The molecule has 150 valence electrons. The van der Waals surface area contributed by atoms with Crippen molar-refractivity contribution in [2.45, 2.75) is 50.5 Å². The van der Waals surface area contributed by atoms with Crippen LogP contribution in [0.5, 0.6) is 0 Å². The molecule has 5 rings (SSSR count). The van der Waals surface area contributed by atoms with E-state index in [1.165, 1.54) is 49.7 Å². The van der Waals surface area contributed by atoms with Crippen LogP contribution in [0.3, 0.4) is 0 Å². The molecule has 2 unspecified atom stereocenters. The lowest BCUT2D eigenvalue weighted by molar-refractivity contribution is 0.331. The van der Waals surface area contributed by atoms with Gasteiger partial charge in [-0.25, -0.2) is 9.97 Å². The molecule has 0 amide bonds. The van der Waals surface area contributed by atoms with Crippen molar-refractivity contribution < 1.29 is 0 Å². The molecule has 0 radical (unpaired) electrons. The van der Waals surface area contributed by atoms with Gasteiger partial charge >= 0.3 is 0 Å². The zero-order valence-electron chi connectivity index (χ0n) is 16.8. The van der Waals surface area contributed by atoms with Crippen LogP contribution in [0.4, 0.5) is 5.95 Å². The standard InChI is InChI=1S/C22H31N5S/c1-28-27-11-6-18(7-12-27)25-21-24-14-17-3-2-4-19(20(17)26-21)16-5-8-22(13-16)9-10-23-15-22/h2-4,14,16,18,23H,5-13,15H2,1H3,(H,24,25,26). The molecule has 3 aliphatic rings. The molecule has 2 aliphatic heterocycles. The van der Waals surface area contributed by atoms with Crippen molar-refractivity contribution in [1.82, 2.24) is 19.6 Å². The summed E-state index contributed by atoms with van der Waals surface area (Å²) >= 11 is 1.85. The van der Waals surface area contributed by atoms with E-state index < -0.39 is 0 Å². The highest BCUT2D eigenvalue weighted by Crippen LogP contribution is 2.50. The van der Waals surface area contributed by atoms with Crippen LogP contribution >= 0.6 is 11.9 Å². The summed E-state index contributed by atoms with van der Waals surface area (Å²) in [5.41, 5.74) is 3.13. The molecule has 1 aromatic carbocycles. The fourth-order valence-corrected chi connectivity index (χ4v) is 6.07. The lowest BCUT2D eigenvalue weighted by atomic mass is 9.83. The first-order valence-electron chi connectivity index (χ1n) is 10.8. The lowest BCUT2D eigenvalue weighted by Crippen LogP contribution is -2.35. The van der Waals surface area contributed by atoms with Crippen LogP contribution in [0.1, 0.15) is 50.0 Å². The molecular weight excluding hydrogens is 366 g/mol. The highest BCUT2D eigenvalue weighted by atomic mass is 32.2. The van der Waals surface area contributed by atoms with Crippen molar-refractivity contribution in [3.05, 3.63) is 30.0 Å². The summed E-state index contributed by atoms with van der Waals surface area (Å²) in [6, 6.07) is 7.13. The van der Waals surface area contributed by atoms with Crippen molar-refractivity contribution in [3.63, 3.8) is 0 Å². The minimum Gasteiger partial charge on any atom is -0.351 e. The van der Waals surface area contributed by atoms with Crippen molar-refractivity contribution >= 4 is 28.8 Å². The third-order valence-electron chi connectivity index (χ3n) is 7.16. The Hall–Kier alpha value is -1.37. The number of hydrogen-bond acceptors (Lipinski definition) is 6. The fourth-order valence-electron chi connectivity index (χ4n) is 5.50. The van der Waals surface area contributed by atoms with E-state index in [0.29, 0.717) is 17.4 Å². The number of aromatic nitrogens is 2. The Bertz CT molecular complexity index is 827. The van der Waals surface area contributed by atoms with Crippen LogP contribution < -0.4 is 10.6 Å². The number of rotatable bonds is 4. The number of hydrogen-bond donors (Lipinski definition) is 2. The second-order valence-electron chi connectivity index (χ2n) is 8.88. The summed E-state index contributed by atoms with van der Waals surface area (Å²) in [4.78, 5) is 9.64. The number of piperidine rings is 1. The zero-order chi connectivity index (χ0) is 19.0. The van der Waals surface area contributed by atoms with E-state index in [9.17, 15) is 0 Å². The Morgan fingerprint density at radius 1 is 1.21 bits per heavy atom. The summed E-state index contributed by atoms with van der Waals surface area (Å²) in [7, 11) is 0. The monoisotopic (exact) mass is 397 g/mol. The summed E-state index contributed by atoms with van der Waals surface area (Å²) in [5, 5.41) is 8.37. The van der Waals surface area contributed by atoms with Gasteiger partial charge in [0.15, 0.2) is 0 Å². The third-order valence-corrected chi connectivity index (χ3v) is 8.04. The lowest BCUT2D eigenvalue weighted by Gasteiger charge is -2.30. The van der Waals surface area contributed by atoms with Gasteiger partial charge in [-0.2, -0.15) is 0 Å². The topological polar surface area (TPSA) is 53.1 Å². The SMILES string of the molecule is CSN1CCC(Nc2ncc3cccc(C4CCC5(CCNC5)C4)c3n2)CC1. The second-order valence-corrected chi connectivity index (χ2v) is 9.76. The molecular formula is C22H31N5S. The predicted octanol–water partition coefficient (Wildman–Crippen LogP) is 4.03. The van der Waals surface area contributed by atoms with Crippen LogP contribution in [-0.2, 0) is 0 Å². The van der Waals surface area contributed by atoms with Gasteiger partial charge in [0.2, 0.25) is 5.95 Å². The van der Waals surface area contributed by atoms with Gasteiger partial charge in [0.1, 0.15) is 0 Å². The summed E-state index contributed by atoms with van der Waals surface area (Å²) in [5.74, 6) is 1.44. The van der Waals surface area contributed by atoms with Gasteiger partial charge in [-0.15, -0.1) is 0 Å². The smallest absolute Gasteiger partial charge is 0.223 e. The molecule has 2 atom stereocenters. The van der Waals surface area contributed by atoms with Gasteiger partial charge in [0, 0.05) is 37.3 Å². The fraction of sp³-hybridized carbons (Fsp3) is 0.636. The first-order chi connectivity index (χ1) is 13.7. The van der Waals surface area contributed by atoms with Gasteiger partial charge in [0.05, 0.1) is 5.52 Å². The average molecular weight is 398 g/mol. The molecule has 1 spiro atoms. The Labute approximate surface area is 172 Å². The average Bonchev–Trinajstić information content (AvgIpc) is 3.38. The normalized spacial score (nSPS) is 29.1. The van der Waals surface area contributed by atoms with Crippen molar-refractivity contribution in [2.24, 2.45) is 5.41 Å². The first-order valence-corrected chi connectivity index (χ1v) is 11.9. The van der Waals surface area contributed by atoms with E-state index in [-0.39, 0.29) is 0 Å². The first kappa shape index (κ1) is 18.6. The van der Waals surface area contributed by atoms with Crippen LogP contribution in [0.25, 0.3) is 10.9 Å². The van der Waals surface area contributed by atoms with Gasteiger partial charge < -0.3 is 10.6 Å². The maximum atomic E-state index is 5.01. The molecule has 0 bridgehead atoms. The van der Waals surface area contributed by atoms with Crippen molar-refractivity contribution in [3.8, 4) is 0 Å². The van der Waals surface area contributed by atoms with E-state index in [2.05, 4.69) is 44.4 Å². The molecule has 3 heterocycles. The molecule has 2 N–H and O–H groups in total. The maximum Gasteiger partial charge on any atom is 0.223 e. The summed E-state index contributed by atoms with van der Waals surface area (Å²) < 4.78 is 2.44. The summed E-state index contributed by atoms with van der Waals surface area (Å²) in [6.07, 6.45) is 11.8. The van der Waals surface area contributed by atoms with Crippen LogP contribution in [0, 0.1) is 5.41 Å². The van der Waals surface area contributed by atoms with E-state index in [1.54, 1.807) is 0 Å². The Balaban J connectivity index is 1.36. The Morgan fingerprint density at radius 3 is 2.89 bits per heavy atom. The van der Waals surface area contributed by atoms with Crippen LogP contribution in [0.2, 0.25) is 0 Å². The molecule has 5 nitrogen and oxygen atoms in total. The number of nitrogens with one attached hydrogen (secondary N) is 2. The highest BCUT2D eigenvalue weighted by Gasteiger charge is 2.41. The number of benzene rings is 1. The number of para-hydroxylation sites is 1. The molecule has 1 aliphatic carbocycles. The minimum absolute atomic E-state index is 0.479. The Morgan fingerprint density at radius 2 is 2.11 bits per heavy atom. The predicted molar refractivity (Wildman–Crippen MR) is 118 cm³/mol. The van der Waals surface area contributed by atoms with Crippen LogP contribution in [-0.4, -0.2) is 52.7 Å². The maximum absolute atomic E-state index is 5.01. The van der Waals surface area contributed by atoms with E-state index in [1.807, 2.05) is 18.1 Å². The minimum atomic E-state index is 0.479. The molecule has 6 heteroatoms. The van der Waals surface area contributed by atoms with Crippen LogP contribution in [0.15, 0.2) is 24.4 Å². The highest BCUT2D eigenvalue weighted by molar-refractivity contribution is 7.96. The van der Waals surface area contributed by atoms with E-state index >= 15 is 0 Å². The van der Waals surface area contributed by atoms with E-state index in [4.69, 9.17) is 4.98 Å². The number of fused-ring (bicyclic) bond motifs is 1. The van der Waals surface area contributed by atoms with Gasteiger partial charge in [-0.3, -0.25) is 4.31 Å². The second kappa shape index (κ2) is 7.81. The van der Waals surface area contributed by atoms with E-state index in [0.717, 1.165) is 37.4 Å². The number of anilines is 1. The van der Waals surface area contributed by atoms with Crippen molar-refractivity contribution in [2.75, 3.05) is 37.8 Å². The summed E-state index contributed by atoms with van der Waals surface area (Å²) in [6.45, 7) is 4.66. The molecule has 3 fully saturated rings. The molecule has 1 saturated carbocycles. The number of nitrogens with zero attached hydrogens (tertiary/aromatic N) is 3. The van der Waals surface area contributed by atoms with Crippen molar-refractivity contribution in [1.29, 1.82) is 0 Å². The molecule has 2 saturated heterocycles. The van der Waals surface area contributed by atoms with Gasteiger partial charge in [-0.1, -0.05) is 30.1 Å². The molecule has 1 aromatic heterocycles. The van der Waals surface area contributed by atoms with Gasteiger partial charge in [-0.05, 0) is 68.2 Å². The molecule has 2 aromatic rings. The Kier molecular flexibility index (Phi) is 5.20. The molecule has 28 heavy (non-hydrogen) atoms. The third kappa shape index (κ3) is 3.62.